The Kier molecular flexibility index (Phi) is 6.20. The molecule has 0 unspecified atom stereocenters. The third-order valence-electron chi connectivity index (χ3n) is 5.64. The SMILES string of the molecule is COc1ccc([C@H]2CCCN2CC(=O)N(C)Cc2nc3ccccc3s2)c(OC)c1. The second-order valence-corrected chi connectivity index (χ2v) is 8.68. The molecule has 2 heterocycles. The number of hydrogen-bond donors (Lipinski definition) is 0. The van der Waals surface area contributed by atoms with Gasteiger partial charge in [0.1, 0.15) is 16.5 Å². The van der Waals surface area contributed by atoms with Gasteiger partial charge in [-0.05, 0) is 37.6 Å². The van der Waals surface area contributed by atoms with Gasteiger partial charge in [-0.2, -0.15) is 0 Å². The first-order chi connectivity index (χ1) is 14.6. The minimum atomic E-state index is 0.105. The summed E-state index contributed by atoms with van der Waals surface area (Å²) in [6.45, 7) is 1.82. The minimum Gasteiger partial charge on any atom is -0.497 e. The number of carbonyl (C=O) groups excluding carboxylic acids is 1. The number of hydrogen-bond acceptors (Lipinski definition) is 6. The van der Waals surface area contributed by atoms with Gasteiger partial charge in [-0.1, -0.05) is 18.2 Å². The van der Waals surface area contributed by atoms with Gasteiger partial charge in [-0.3, -0.25) is 9.69 Å². The van der Waals surface area contributed by atoms with Crippen LogP contribution in [0.15, 0.2) is 42.5 Å². The molecule has 1 aliphatic heterocycles. The van der Waals surface area contributed by atoms with Gasteiger partial charge in [0.2, 0.25) is 5.91 Å². The minimum absolute atomic E-state index is 0.105. The van der Waals surface area contributed by atoms with Crippen molar-refractivity contribution in [2.75, 3.05) is 34.4 Å². The van der Waals surface area contributed by atoms with Gasteiger partial charge in [0.25, 0.3) is 0 Å². The number of thiazole rings is 1. The number of ether oxygens (including phenoxy) is 2. The highest BCUT2D eigenvalue weighted by Crippen LogP contribution is 2.38. The average molecular weight is 426 g/mol. The van der Waals surface area contributed by atoms with Gasteiger partial charge < -0.3 is 14.4 Å². The van der Waals surface area contributed by atoms with Crippen molar-refractivity contribution >= 4 is 27.5 Å². The van der Waals surface area contributed by atoms with Crippen LogP contribution in [0.5, 0.6) is 11.5 Å². The number of likely N-dealkylation sites (tertiary alicyclic amines) is 1. The quantitative estimate of drug-likeness (QED) is 0.570. The van der Waals surface area contributed by atoms with Gasteiger partial charge in [0.15, 0.2) is 0 Å². The highest BCUT2D eigenvalue weighted by molar-refractivity contribution is 7.18. The van der Waals surface area contributed by atoms with Crippen molar-refractivity contribution in [1.29, 1.82) is 0 Å². The van der Waals surface area contributed by atoms with E-state index in [1.807, 2.05) is 37.4 Å². The van der Waals surface area contributed by atoms with E-state index in [1.54, 1.807) is 30.5 Å². The molecule has 1 atom stereocenters. The molecule has 0 spiro atoms. The number of carbonyl (C=O) groups is 1. The predicted molar refractivity (Wildman–Crippen MR) is 119 cm³/mol. The number of benzene rings is 2. The van der Waals surface area contributed by atoms with Crippen molar-refractivity contribution in [3.8, 4) is 11.5 Å². The lowest BCUT2D eigenvalue weighted by Crippen LogP contribution is -2.37. The number of amides is 1. The van der Waals surface area contributed by atoms with Crippen LogP contribution in [0, 0.1) is 0 Å². The fourth-order valence-electron chi connectivity index (χ4n) is 4.03. The molecule has 3 aromatic rings. The summed E-state index contributed by atoms with van der Waals surface area (Å²) >= 11 is 1.64. The molecule has 0 bridgehead atoms. The lowest BCUT2D eigenvalue weighted by atomic mass is 10.0. The summed E-state index contributed by atoms with van der Waals surface area (Å²) in [4.78, 5) is 21.6. The van der Waals surface area contributed by atoms with Gasteiger partial charge in [-0.15, -0.1) is 11.3 Å². The molecule has 0 radical (unpaired) electrons. The van der Waals surface area contributed by atoms with Crippen molar-refractivity contribution < 1.29 is 14.3 Å². The van der Waals surface area contributed by atoms with Gasteiger partial charge >= 0.3 is 0 Å². The number of methoxy groups -OCH3 is 2. The molecule has 4 rings (SSSR count). The Bertz CT molecular complexity index is 1000. The number of rotatable bonds is 7. The third kappa shape index (κ3) is 4.27. The van der Waals surface area contributed by atoms with Crippen molar-refractivity contribution in [2.45, 2.75) is 25.4 Å². The van der Waals surface area contributed by atoms with Crippen LogP contribution in [0.1, 0.15) is 29.5 Å². The maximum absolute atomic E-state index is 13.0. The Morgan fingerprint density at radius 2 is 2.07 bits per heavy atom. The molecule has 1 aromatic heterocycles. The number of aromatic nitrogens is 1. The van der Waals surface area contributed by atoms with Gasteiger partial charge in [0, 0.05) is 24.7 Å². The number of nitrogens with zero attached hydrogens (tertiary/aromatic N) is 3. The largest absolute Gasteiger partial charge is 0.497 e. The zero-order valence-corrected chi connectivity index (χ0v) is 18.4. The molecule has 0 N–H and O–H groups in total. The molecular formula is C23H27N3O3S. The molecule has 30 heavy (non-hydrogen) atoms. The zero-order valence-electron chi connectivity index (χ0n) is 17.6. The van der Waals surface area contributed by atoms with Crippen LogP contribution >= 0.6 is 11.3 Å². The molecule has 0 aliphatic carbocycles. The summed E-state index contributed by atoms with van der Waals surface area (Å²) < 4.78 is 12.1. The standard InChI is InChI=1S/C23H27N3O3S/c1-25(14-22-24-18-7-4-5-9-21(18)30-22)23(27)15-26-12-6-8-19(26)17-11-10-16(28-2)13-20(17)29-3/h4-5,7,9-11,13,19H,6,8,12,14-15H2,1-3H3/t19-/m1/s1. The van der Waals surface area contributed by atoms with Crippen molar-refractivity contribution in [2.24, 2.45) is 0 Å². The normalized spacial score (nSPS) is 16.7. The first-order valence-corrected chi connectivity index (χ1v) is 10.9. The Morgan fingerprint density at radius 1 is 1.23 bits per heavy atom. The first kappa shape index (κ1) is 20.6. The van der Waals surface area contributed by atoms with Crippen LogP contribution in [-0.2, 0) is 11.3 Å². The Hall–Kier alpha value is -2.64. The van der Waals surface area contributed by atoms with Crippen molar-refractivity contribution in [1.82, 2.24) is 14.8 Å². The van der Waals surface area contributed by atoms with E-state index in [0.717, 1.165) is 51.7 Å². The van der Waals surface area contributed by atoms with E-state index in [1.165, 1.54) is 0 Å². The monoisotopic (exact) mass is 425 g/mol. The van der Waals surface area contributed by atoms with Crippen LogP contribution in [-0.4, -0.2) is 55.0 Å². The molecule has 1 aliphatic rings. The molecule has 1 fully saturated rings. The molecule has 1 saturated heterocycles. The summed E-state index contributed by atoms with van der Waals surface area (Å²) in [5.41, 5.74) is 2.10. The molecule has 158 valence electrons. The first-order valence-electron chi connectivity index (χ1n) is 10.1. The maximum Gasteiger partial charge on any atom is 0.236 e. The van der Waals surface area contributed by atoms with E-state index < -0.39 is 0 Å². The Balaban J connectivity index is 1.44. The Labute approximate surface area is 181 Å². The average Bonchev–Trinajstić information content (AvgIpc) is 3.39. The van der Waals surface area contributed by atoms with E-state index >= 15 is 0 Å². The molecule has 2 aromatic carbocycles. The molecular weight excluding hydrogens is 398 g/mol. The van der Waals surface area contributed by atoms with E-state index in [0.29, 0.717) is 13.1 Å². The highest BCUT2D eigenvalue weighted by Gasteiger charge is 2.30. The Morgan fingerprint density at radius 3 is 2.83 bits per heavy atom. The summed E-state index contributed by atoms with van der Waals surface area (Å²) in [5, 5.41) is 0.960. The van der Waals surface area contributed by atoms with E-state index in [4.69, 9.17) is 9.47 Å². The van der Waals surface area contributed by atoms with Crippen LogP contribution in [0.2, 0.25) is 0 Å². The number of likely N-dealkylation sites (N-methyl/N-ethyl adjacent to an activating group) is 1. The molecule has 1 amide bonds. The van der Waals surface area contributed by atoms with Crippen LogP contribution in [0.25, 0.3) is 10.2 Å². The van der Waals surface area contributed by atoms with E-state index in [2.05, 4.69) is 22.0 Å². The molecule has 7 heteroatoms. The van der Waals surface area contributed by atoms with Crippen LogP contribution in [0.4, 0.5) is 0 Å². The predicted octanol–water partition coefficient (Wildman–Crippen LogP) is 4.11. The summed E-state index contributed by atoms with van der Waals surface area (Å²) in [6, 6.07) is 14.2. The summed E-state index contributed by atoms with van der Waals surface area (Å²) in [5.74, 6) is 1.68. The maximum atomic E-state index is 13.0. The third-order valence-corrected chi connectivity index (χ3v) is 6.66. The second-order valence-electron chi connectivity index (χ2n) is 7.56. The van der Waals surface area contributed by atoms with E-state index in [9.17, 15) is 4.79 Å². The zero-order chi connectivity index (χ0) is 21.1. The topological polar surface area (TPSA) is 54.9 Å². The van der Waals surface area contributed by atoms with Crippen molar-refractivity contribution in [3.63, 3.8) is 0 Å². The lowest BCUT2D eigenvalue weighted by Gasteiger charge is -2.27. The second kappa shape index (κ2) is 9.02. The van der Waals surface area contributed by atoms with Gasteiger partial charge in [0.05, 0.1) is 37.5 Å². The van der Waals surface area contributed by atoms with Crippen molar-refractivity contribution in [3.05, 3.63) is 53.0 Å². The summed E-state index contributed by atoms with van der Waals surface area (Å²) in [6.07, 6.45) is 2.08. The lowest BCUT2D eigenvalue weighted by molar-refractivity contribution is -0.131. The smallest absolute Gasteiger partial charge is 0.236 e. The fourth-order valence-corrected chi connectivity index (χ4v) is 5.06. The number of para-hydroxylation sites is 1. The summed E-state index contributed by atoms with van der Waals surface area (Å²) in [7, 11) is 5.18. The fraction of sp³-hybridized carbons (Fsp3) is 0.391. The highest BCUT2D eigenvalue weighted by atomic mass is 32.1. The van der Waals surface area contributed by atoms with Crippen LogP contribution < -0.4 is 9.47 Å². The number of fused-ring (bicyclic) bond motifs is 1. The molecule has 0 saturated carbocycles. The van der Waals surface area contributed by atoms with Crippen LogP contribution in [0.3, 0.4) is 0 Å². The van der Waals surface area contributed by atoms with Gasteiger partial charge in [-0.25, -0.2) is 4.98 Å². The van der Waals surface area contributed by atoms with E-state index in [-0.39, 0.29) is 11.9 Å². The molecule has 6 nitrogen and oxygen atoms in total.